The molecule has 1 aliphatic carbocycles. The van der Waals surface area contributed by atoms with Crippen molar-refractivity contribution < 1.29 is 4.79 Å². The van der Waals surface area contributed by atoms with Crippen LogP contribution in [0.1, 0.15) is 19.8 Å². The van der Waals surface area contributed by atoms with Gasteiger partial charge in [0.2, 0.25) is 5.91 Å². The van der Waals surface area contributed by atoms with Crippen LogP contribution in [0.4, 0.5) is 0 Å². The predicted octanol–water partition coefficient (Wildman–Crippen LogP) is 3.20. The van der Waals surface area contributed by atoms with Crippen LogP contribution in [0.2, 0.25) is 0 Å². The van der Waals surface area contributed by atoms with E-state index in [1.54, 1.807) is 11.3 Å². The van der Waals surface area contributed by atoms with Crippen molar-refractivity contribution in [2.75, 3.05) is 6.54 Å². The molecule has 124 valence electrons. The molecule has 1 amide bonds. The average molecular weight is 359 g/mol. The fourth-order valence-electron chi connectivity index (χ4n) is 2.95. The Labute approximate surface area is 147 Å². The van der Waals surface area contributed by atoms with Crippen molar-refractivity contribution in [3.8, 4) is 10.4 Å². The molecule has 1 aliphatic rings. The molecule has 1 fully saturated rings. The third-order valence-electron chi connectivity index (χ3n) is 4.30. The molecule has 0 radical (unpaired) electrons. The normalized spacial score (nSPS) is 14.2. The van der Waals surface area contributed by atoms with Crippen LogP contribution in [0.15, 0.2) is 34.0 Å². The molecule has 1 saturated carbocycles. The predicted molar refractivity (Wildman–Crippen MR) is 97.6 cm³/mol. The van der Waals surface area contributed by atoms with E-state index in [9.17, 15) is 9.59 Å². The van der Waals surface area contributed by atoms with Crippen molar-refractivity contribution in [1.29, 1.82) is 0 Å². The summed E-state index contributed by atoms with van der Waals surface area (Å²) in [5.74, 6) is -0.00356. The van der Waals surface area contributed by atoms with Crippen molar-refractivity contribution in [1.82, 2.24) is 14.5 Å². The SMILES string of the molecule is CCN(C(=O)Cn1cnc2scc(-c3cccs3)c2c1=O)C1CC1. The Kier molecular flexibility index (Phi) is 3.97. The first-order chi connectivity index (χ1) is 11.7. The van der Waals surface area contributed by atoms with Gasteiger partial charge in [-0.15, -0.1) is 22.7 Å². The van der Waals surface area contributed by atoms with Gasteiger partial charge >= 0.3 is 0 Å². The van der Waals surface area contributed by atoms with E-state index in [1.807, 2.05) is 34.7 Å². The van der Waals surface area contributed by atoms with E-state index in [0.717, 1.165) is 28.1 Å². The first-order valence-electron chi connectivity index (χ1n) is 7.99. The van der Waals surface area contributed by atoms with Crippen LogP contribution in [0.5, 0.6) is 0 Å². The average Bonchev–Trinajstić information content (AvgIpc) is 3.10. The zero-order valence-corrected chi connectivity index (χ0v) is 14.9. The maximum absolute atomic E-state index is 12.9. The number of carbonyl (C=O) groups excluding carboxylic acids is 1. The molecule has 5 nitrogen and oxygen atoms in total. The highest BCUT2D eigenvalue weighted by molar-refractivity contribution is 7.18. The first kappa shape index (κ1) is 15.5. The summed E-state index contributed by atoms with van der Waals surface area (Å²) in [6, 6.07) is 4.33. The van der Waals surface area contributed by atoms with E-state index >= 15 is 0 Å². The second-order valence-electron chi connectivity index (χ2n) is 5.90. The number of amides is 1. The third-order valence-corrected chi connectivity index (χ3v) is 6.09. The second kappa shape index (κ2) is 6.14. The van der Waals surface area contributed by atoms with Gasteiger partial charge in [0, 0.05) is 28.4 Å². The van der Waals surface area contributed by atoms with Gasteiger partial charge in [0.1, 0.15) is 11.4 Å². The minimum absolute atomic E-state index is 0.00356. The lowest BCUT2D eigenvalue weighted by Gasteiger charge is -2.20. The van der Waals surface area contributed by atoms with Crippen LogP contribution < -0.4 is 5.56 Å². The van der Waals surface area contributed by atoms with Gasteiger partial charge in [-0.05, 0) is 31.2 Å². The Morgan fingerprint density at radius 3 is 2.92 bits per heavy atom. The van der Waals surface area contributed by atoms with Gasteiger partial charge in [-0.3, -0.25) is 14.2 Å². The summed E-state index contributed by atoms with van der Waals surface area (Å²) in [7, 11) is 0. The molecule has 0 atom stereocenters. The summed E-state index contributed by atoms with van der Waals surface area (Å²) in [5, 5.41) is 4.58. The molecule has 3 aromatic rings. The summed E-state index contributed by atoms with van der Waals surface area (Å²) >= 11 is 3.07. The number of carbonyl (C=O) groups is 1. The van der Waals surface area contributed by atoms with Gasteiger partial charge in [-0.25, -0.2) is 4.98 Å². The lowest BCUT2D eigenvalue weighted by molar-refractivity contribution is -0.132. The highest BCUT2D eigenvalue weighted by atomic mass is 32.1. The van der Waals surface area contributed by atoms with Crippen molar-refractivity contribution in [3.63, 3.8) is 0 Å². The number of rotatable bonds is 5. The molecule has 0 spiro atoms. The zero-order chi connectivity index (χ0) is 16.7. The highest BCUT2D eigenvalue weighted by Crippen LogP contribution is 2.33. The Morgan fingerprint density at radius 1 is 1.42 bits per heavy atom. The Morgan fingerprint density at radius 2 is 2.25 bits per heavy atom. The number of hydrogen-bond acceptors (Lipinski definition) is 5. The number of aromatic nitrogens is 2. The van der Waals surface area contributed by atoms with Crippen molar-refractivity contribution >= 4 is 38.8 Å². The highest BCUT2D eigenvalue weighted by Gasteiger charge is 2.31. The lowest BCUT2D eigenvalue weighted by atomic mass is 10.2. The van der Waals surface area contributed by atoms with Crippen LogP contribution >= 0.6 is 22.7 Å². The molecule has 3 aromatic heterocycles. The number of nitrogens with zero attached hydrogens (tertiary/aromatic N) is 3. The van der Waals surface area contributed by atoms with E-state index in [0.29, 0.717) is 18.0 Å². The van der Waals surface area contributed by atoms with Gasteiger partial charge < -0.3 is 4.90 Å². The first-order valence-corrected chi connectivity index (χ1v) is 9.75. The number of hydrogen-bond donors (Lipinski definition) is 0. The Hall–Kier alpha value is -1.99. The van der Waals surface area contributed by atoms with E-state index < -0.39 is 0 Å². The minimum atomic E-state index is -0.134. The summed E-state index contributed by atoms with van der Waals surface area (Å²) in [6.07, 6.45) is 3.63. The largest absolute Gasteiger partial charge is 0.338 e. The molecule has 4 rings (SSSR count). The molecule has 0 aromatic carbocycles. The van der Waals surface area contributed by atoms with E-state index in [1.165, 1.54) is 22.2 Å². The maximum Gasteiger partial charge on any atom is 0.263 e. The Bertz CT molecular complexity index is 939. The van der Waals surface area contributed by atoms with Crippen LogP contribution in [-0.2, 0) is 11.3 Å². The van der Waals surface area contributed by atoms with Crippen LogP contribution in [0, 0.1) is 0 Å². The number of thiophene rings is 2. The third kappa shape index (κ3) is 2.67. The smallest absolute Gasteiger partial charge is 0.263 e. The molecule has 3 heterocycles. The summed E-state index contributed by atoms with van der Waals surface area (Å²) in [5.41, 5.74) is 0.781. The molecule has 7 heteroatoms. The second-order valence-corrected chi connectivity index (χ2v) is 7.70. The molecule has 0 unspecified atom stereocenters. The number of likely N-dealkylation sites (N-methyl/N-ethyl adjacent to an activating group) is 1. The fraction of sp³-hybridized carbons (Fsp3) is 0.353. The molecule has 0 aliphatic heterocycles. The molecule has 0 bridgehead atoms. The quantitative estimate of drug-likeness (QED) is 0.703. The molecule has 24 heavy (non-hydrogen) atoms. The van der Waals surface area contributed by atoms with Crippen molar-refractivity contribution in [2.45, 2.75) is 32.4 Å². The summed E-state index contributed by atoms with van der Waals surface area (Å²) in [6.45, 7) is 2.73. The molecule has 0 N–H and O–H groups in total. The van der Waals surface area contributed by atoms with Gasteiger partial charge in [0.15, 0.2) is 0 Å². The lowest BCUT2D eigenvalue weighted by Crippen LogP contribution is -2.37. The van der Waals surface area contributed by atoms with Crippen molar-refractivity contribution in [2.24, 2.45) is 0 Å². The van der Waals surface area contributed by atoms with Crippen LogP contribution in [-0.4, -0.2) is 32.9 Å². The topological polar surface area (TPSA) is 55.2 Å². The molecule has 0 saturated heterocycles. The van der Waals surface area contributed by atoms with E-state index in [2.05, 4.69) is 4.98 Å². The number of fused-ring (bicyclic) bond motifs is 1. The van der Waals surface area contributed by atoms with Crippen molar-refractivity contribution in [3.05, 3.63) is 39.6 Å². The summed E-state index contributed by atoms with van der Waals surface area (Å²) < 4.78 is 1.44. The van der Waals surface area contributed by atoms with Crippen LogP contribution in [0.3, 0.4) is 0 Å². The molecular formula is C17H17N3O2S2. The van der Waals surface area contributed by atoms with E-state index in [4.69, 9.17) is 0 Å². The Balaban J connectivity index is 1.72. The standard InChI is InChI=1S/C17H17N3O2S2/c1-2-20(11-5-6-11)14(21)8-19-10-18-16-15(17(19)22)12(9-24-16)13-4-3-7-23-13/h3-4,7,9-11H,2,5-6,8H2,1H3. The zero-order valence-electron chi connectivity index (χ0n) is 13.3. The minimum Gasteiger partial charge on any atom is -0.338 e. The van der Waals surface area contributed by atoms with Crippen LogP contribution in [0.25, 0.3) is 20.7 Å². The van der Waals surface area contributed by atoms with Gasteiger partial charge in [0.05, 0.1) is 11.7 Å². The van der Waals surface area contributed by atoms with E-state index in [-0.39, 0.29) is 18.0 Å². The monoisotopic (exact) mass is 359 g/mol. The van der Waals surface area contributed by atoms with Gasteiger partial charge in [-0.2, -0.15) is 0 Å². The van der Waals surface area contributed by atoms with Gasteiger partial charge in [0.25, 0.3) is 5.56 Å². The fourth-order valence-corrected chi connectivity index (χ4v) is 4.68. The summed E-state index contributed by atoms with van der Waals surface area (Å²) in [4.78, 5) is 33.4. The maximum atomic E-state index is 12.9. The van der Waals surface area contributed by atoms with Gasteiger partial charge in [-0.1, -0.05) is 6.07 Å². The molecular weight excluding hydrogens is 342 g/mol.